The number of aliphatic hydroxyl groups excluding tert-OH is 1. The van der Waals surface area contributed by atoms with Gasteiger partial charge in [0.25, 0.3) is 0 Å². The standard InChI is InChI=1S/C18H19ClFNO3/c1-18(17(23)24,11-21-10-12-5-3-2-4-6-12)16(22)13-7-8-15(20)14(19)9-13/h2-9,16,21-22H,10-11H2,1H3,(H,23,24). The average molecular weight is 352 g/mol. The van der Waals surface area contributed by atoms with Crippen molar-refractivity contribution in [2.75, 3.05) is 6.54 Å². The van der Waals surface area contributed by atoms with Gasteiger partial charge in [-0.2, -0.15) is 0 Å². The molecule has 3 N–H and O–H groups in total. The van der Waals surface area contributed by atoms with E-state index in [0.717, 1.165) is 11.6 Å². The van der Waals surface area contributed by atoms with E-state index in [1.165, 1.54) is 19.1 Å². The molecule has 24 heavy (non-hydrogen) atoms. The Morgan fingerprint density at radius 1 is 1.29 bits per heavy atom. The molecule has 2 rings (SSSR count). The summed E-state index contributed by atoms with van der Waals surface area (Å²) in [4.78, 5) is 11.7. The third-order valence-corrected chi connectivity index (χ3v) is 4.31. The van der Waals surface area contributed by atoms with Gasteiger partial charge in [0.1, 0.15) is 11.2 Å². The van der Waals surface area contributed by atoms with Crippen LogP contribution < -0.4 is 5.32 Å². The number of benzene rings is 2. The maximum absolute atomic E-state index is 13.3. The molecule has 0 bridgehead atoms. The number of hydrogen-bond donors (Lipinski definition) is 3. The molecule has 2 unspecified atom stereocenters. The summed E-state index contributed by atoms with van der Waals surface area (Å²) < 4.78 is 13.3. The lowest BCUT2D eigenvalue weighted by molar-refractivity contribution is -0.155. The number of carboxylic acid groups (broad SMARTS) is 1. The molecule has 4 nitrogen and oxygen atoms in total. The van der Waals surface area contributed by atoms with Gasteiger partial charge in [0.05, 0.1) is 11.1 Å². The molecule has 0 spiro atoms. The van der Waals surface area contributed by atoms with E-state index in [1.807, 2.05) is 30.3 Å². The maximum Gasteiger partial charge on any atom is 0.313 e. The van der Waals surface area contributed by atoms with Crippen LogP contribution in [0.15, 0.2) is 48.5 Å². The van der Waals surface area contributed by atoms with E-state index in [-0.39, 0.29) is 17.1 Å². The summed E-state index contributed by atoms with van der Waals surface area (Å²) in [5.41, 5.74) is -0.229. The largest absolute Gasteiger partial charge is 0.481 e. The molecular formula is C18H19ClFNO3. The van der Waals surface area contributed by atoms with Gasteiger partial charge in [-0.15, -0.1) is 0 Å². The maximum atomic E-state index is 13.3. The number of halogens is 2. The Balaban J connectivity index is 2.13. The minimum atomic E-state index is -1.49. The first-order chi connectivity index (χ1) is 11.3. The van der Waals surface area contributed by atoms with Gasteiger partial charge in [0.15, 0.2) is 0 Å². The smallest absolute Gasteiger partial charge is 0.313 e. The molecule has 2 aromatic carbocycles. The molecule has 0 heterocycles. The number of nitrogens with one attached hydrogen (secondary N) is 1. The monoisotopic (exact) mass is 351 g/mol. The summed E-state index contributed by atoms with van der Waals surface area (Å²) >= 11 is 5.72. The first kappa shape index (κ1) is 18.4. The SMILES string of the molecule is CC(CNCc1ccccc1)(C(=O)O)C(O)c1ccc(F)c(Cl)c1. The predicted octanol–water partition coefficient (Wildman–Crippen LogP) is 3.39. The second-order valence-corrected chi connectivity index (χ2v) is 6.30. The molecule has 2 atom stereocenters. The summed E-state index contributed by atoms with van der Waals surface area (Å²) in [6.45, 7) is 1.95. The molecule has 0 aliphatic rings. The van der Waals surface area contributed by atoms with Crippen LogP contribution in [0.4, 0.5) is 4.39 Å². The van der Waals surface area contributed by atoms with E-state index in [2.05, 4.69) is 5.32 Å². The molecule has 128 valence electrons. The van der Waals surface area contributed by atoms with Crippen LogP contribution in [0.25, 0.3) is 0 Å². The van der Waals surface area contributed by atoms with Gasteiger partial charge in [-0.05, 0) is 30.2 Å². The van der Waals surface area contributed by atoms with Crippen LogP contribution in [0.1, 0.15) is 24.2 Å². The van der Waals surface area contributed by atoms with Crippen LogP contribution in [0.3, 0.4) is 0 Å². The Morgan fingerprint density at radius 3 is 2.54 bits per heavy atom. The normalized spacial score (nSPS) is 14.8. The fraction of sp³-hybridized carbons (Fsp3) is 0.278. The van der Waals surface area contributed by atoms with E-state index in [0.29, 0.717) is 6.54 Å². The highest BCUT2D eigenvalue weighted by atomic mass is 35.5. The second-order valence-electron chi connectivity index (χ2n) is 5.89. The van der Waals surface area contributed by atoms with E-state index in [1.54, 1.807) is 0 Å². The van der Waals surface area contributed by atoms with Crippen LogP contribution >= 0.6 is 11.6 Å². The average Bonchev–Trinajstić information content (AvgIpc) is 2.57. The van der Waals surface area contributed by atoms with Crippen molar-refractivity contribution in [2.24, 2.45) is 5.41 Å². The zero-order valence-corrected chi connectivity index (χ0v) is 13.9. The van der Waals surface area contributed by atoms with Crippen molar-refractivity contribution in [3.8, 4) is 0 Å². The molecule has 0 saturated carbocycles. The highest BCUT2D eigenvalue weighted by Crippen LogP contribution is 2.35. The van der Waals surface area contributed by atoms with Crippen molar-refractivity contribution < 1.29 is 19.4 Å². The van der Waals surface area contributed by atoms with Crippen molar-refractivity contribution in [3.63, 3.8) is 0 Å². The van der Waals surface area contributed by atoms with Crippen molar-refractivity contribution in [2.45, 2.75) is 19.6 Å². The van der Waals surface area contributed by atoms with Gasteiger partial charge in [0, 0.05) is 13.1 Å². The number of rotatable bonds is 7. The van der Waals surface area contributed by atoms with Gasteiger partial charge in [-0.1, -0.05) is 48.0 Å². The van der Waals surface area contributed by atoms with E-state index in [9.17, 15) is 19.4 Å². The number of hydrogen-bond acceptors (Lipinski definition) is 3. The molecule has 0 radical (unpaired) electrons. The quantitative estimate of drug-likeness (QED) is 0.715. The van der Waals surface area contributed by atoms with Gasteiger partial charge in [-0.3, -0.25) is 4.79 Å². The summed E-state index contributed by atoms with van der Waals surface area (Å²) in [7, 11) is 0. The van der Waals surface area contributed by atoms with Crippen molar-refractivity contribution in [3.05, 3.63) is 70.5 Å². The van der Waals surface area contributed by atoms with Crippen LogP contribution in [0.5, 0.6) is 0 Å². The topological polar surface area (TPSA) is 69.6 Å². The van der Waals surface area contributed by atoms with Gasteiger partial charge < -0.3 is 15.5 Å². The van der Waals surface area contributed by atoms with E-state index < -0.39 is 23.3 Å². The first-order valence-corrected chi connectivity index (χ1v) is 7.83. The molecule has 0 saturated heterocycles. The number of carboxylic acids is 1. The lowest BCUT2D eigenvalue weighted by Crippen LogP contribution is -2.43. The molecule has 0 fully saturated rings. The van der Waals surface area contributed by atoms with Gasteiger partial charge >= 0.3 is 5.97 Å². The fourth-order valence-corrected chi connectivity index (χ4v) is 2.59. The molecule has 0 aromatic heterocycles. The fourth-order valence-electron chi connectivity index (χ4n) is 2.40. The zero-order chi connectivity index (χ0) is 17.7. The Morgan fingerprint density at radius 2 is 1.96 bits per heavy atom. The highest BCUT2D eigenvalue weighted by molar-refractivity contribution is 6.30. The number of aliphatic carboxylic acids is 1. The summed E-state index contributed by atoms with van der Waals surface area (Å²) in [5.74, 6) is -1.78. The Bertz CT molecular complexity index is 711. The van der Waals surface area contributed by atoms with Crippen LogP contribution in [-0.4, -0.2) is 22.7 Å². The van der Waals surface area contributed by atoms with E-state index >= 15 is 0 Å². The number of carbonyl (C=O) groups is 1. The third kappa shape index (κ3) is 4.12. The van der Waals surface area contributed by atoms with E-state index in [4.69, 9.17) is 11.6 Å². The Kier molecular flexibility index (Phi) is 5.94. The van der Waals surface area contributed by atoms with Crippen LogP contribution in [-0.2, 0) is 11.3 Å². The second kappa shape index (κ2) is 7.75. The molecule has 2 aromatic rings. The molecule has 6 heteroatoms. The third-order valence-electron chi connectivity index (χ3n) is 4.02. The first-order valence-electron chi connectivity index (χ1n) is 7.45. The zero-order valence-electron chi connectivity index (χ0n) is 13.2. The Labute approximate surface area is 144 Å². The lowest BCUT2D eigenvalue weighted by atomic mass is 9.80. The Hall–Kier alpha value is -1.95. The molecule has 0 aliphatic carbocycles. The molecule has 0 aliphatic heterocycles. The number of aliphatic hydroxyl groups is 1. The van der Waals surface area contributed by atoms with Crippen molar-refractivity contribution in [1.82, 2.24) is 5.32 Å². The van der Waals surface area contributed by atoms with Gasteiger partial charge in [0.2, 0.25) is 0 Å². The van der Waals surface area contributed by atoms with Crippen molar-refractivity contribution >= 4 is 17.6 Å². The van der Waals surface area contributed by atoms with Crippen LogP contribution in [0, 0.1) is 11.2 Å². The van der Waals surface area contributed by atoms with Crippen molar-refractivity contribution in [1.29, 1.82) is 0 Å². The summed E-state index contributed by atoms with van der Waals surface area (Å²) in [6, 6.07) is 13.2. The van der Waals surface area contributed by atoms with Gasteiger partial charge in [-0.25, -0.2) is 4.39 Å². The minimum Gasteiger partial charge on any atom is -0.481 e. The molecule has 0 amide bonds. The summed E-state index contributed by atoms with van der Waals surface area (Å²) in [5, 5.41) is 23.0. The predicted molar refractivity (Wildman–Crippen MR) is 90.3 cm³/mol. The highest BCUT2D eigenvalue weighted by Gasteiger charge is 2.41. The minimum absolute atomic E-state index is 0.0351. The lowest BCUT2D eigenvalue weighted by Gasteiger charge is -2.31. The summed E-state index contributed by atoms with van der Waals surface area (Å²) in [6.07, 6.45) is -1.34. The molecular weight excluding hydrogens is 333 g/mol. The van der Waals surface area contributed by atoms with Crippen LogP contribution in [0.2, 0.25) is 5.02 Å².